The highest BCUT2D eigenvalue weighted by Crippen LogP contribution is 2.31. The molecular formula is C11H10F3N3O3S. The van der Waals surface area contributed by atoms with Crippen LogP contribution >= 0.6 is 11.3 Å². The summed E-state index contributed by atoms with van der Waals surface area (Å²) in [6.07, 6.45) is -4.96. The molecule has 0 aromatic carbocycles. The summed E-state index contributed by atoms with van der Waals surface area (Å²) in [5.74, 6) is -1.99. The second-order valence-electron chi connectivity index (χ2n) is 4.26. The highest BCUT2D eigenvalue weighted by molar-refractivity contribution is 7.13. The van der Waals surface area contributed by atoms with Crippen LogP contribution in [-0.4, -0.2) is 33.0 Å². The Hall–Kier alpha value is -1.94. The molecule has 0 fully saturated rings. The average Bonchev–Trinajstić information content (AvgIpc) is 3.04. The van der Waals surface area contributed by atoms with E-state index in [-0.39, 0.29) is 11.8 Å². The molecule has 0 radical (unpaired) electrons. The molecule has 1 unspecified atom stereocenters. The van der Waals surface area contributed by atoms with E-state index in [0.29, 0.717) is 11.8 Å². The van der Waals surface area contributed by atoms with Crippen LogP contribution in [0.25, 0.3) is 10.8 Å². The van der Waals surface area contributed by atoms with Gasteiger partial charge in [-0.3, -0.25) is 5.32 Å². The Morgan fingerprint density at radius 2 is 2.19 bits per heavy atom. The molecule has 10 heteroatoms. The van der Waals surface area contributed by atoms with Gasteiger partial charge in [-0.25, -0.2) is 4.79 Å². The summed E-state index contributed by atoms with van der Waals surface area (Å²) >= 11 is 1.33. The van der Waals surface area contributed by atoms with Crippen LogP contribution in [0.1, 0.15) is 12.8 Å². The number of aromatic nitrogens is 2. The van der Waals surface area contributed by atoms with Gasteiger partial charge in [0.05, 0.1) is 11.4 Å². The van der Waals surface area contributed by atoms with Crippen LogP contribution in [0.15, 0.2) is 21.9 Å². The molecule has 114 valence electrons. The fraction of sp³-hybridized carbons (Fsp3) is 0.364. The van der Waals surface area contributed by atoms with Crippen LogP contribution in [0.2, 0.25) is 0 Å². The summed E-state index contributed by atoms with van der Waals surface area (Å²) in [4.78, 5) is 11.5. The van der Waals surface area contributed by atoms with Crippen molar-refractivity contribution in [2.45, 2.75) is 25.2 Å². The number of hydrogen-bond donors (Lipinski definition) is 2. The zero-order valence-electron chi connectivity index (χ0n) is 10.6. The molecule has 6 nitrogen and oxygen atoms in total. The summed E-state index contributed by atoms with van der Waals surface area (Å²) in [5.41, 5.74) is -3.09. The molecule has 2 rings (SSSR count). The smallest absolute Gasteiger partial charge is 0.417 e. The zero-order chi connectivity index (χ0) is 15.7. The lowest BCUT2D eigenvalue weighted by molar-refractivity contribution is -0.206. The quantitative estimate of drug-likeness (QED) is 0.878. The number of rotatable bonds is 5. The van der Waals surface area contributed by atoms with Crippen molar-refractivity contribution in [3.8, 4) is 10.8 Å². The minimum Gasteiger partial charge on any atom is -0.480 e. The van der Waals surface area contributed by atoms with Gasteiger partial charge >= 0.3 is 12.1 Å². The van der Waals surface area contributed by atoms with Gasteiger partial charge in [-0.1, -0.05) is 6.07 Å². The molecule has 0 aliphatic rings. The molecule has 0 spiro atoms. The number of alkyl halides is 3. The molecule has 2 aromatic heterocycles. The van der Waals surface area contributed by atoms with E-state index in [2.05, 4.69) is 10.2 Å². The molecule has 2 N–H and O–H groups in total. The highest BCUT2D eigenvalue weighted by Gasteiger charge is 2.57. The van der Waals surface area contributed by atoms with E-state index < -0.39 is 24.2 Å². The standard InChI is InChI=1S/C11H10F3N3O3S/c1-10(9(18)19,11(12,13)14)15-5-7-16-17-8(20-7)6-3-2-4-21-6/h2-4,15H,5H2,1H3,(H,18,19). The number of nitrogens with zero attached hydrogens (tertiary/aromatic N) is 2. The maximum Gasteiger partial charge on any atom is 0.417 e. The number of carbonyl (C=O) groups is 1. The Morgan fingerprint density at radius 1 is 1.48 bits per heavy atom. The Balaban J connectivity index is 2.11. The van der Waals surface area contributed by atoms with Crippen molar-refractivity contribution >= 4 is 17.3 Å². The molecule has 21 heavy (non-hydrogen) atoms. The van der Waals surface area contributed by atoms with E-state index in [1.165, 1.54) is 11.3 Å². The van der Waals surface area contributed by atoms with E-state index >= 15 is 0 Å². The van der Waals surface area contributed by atoms with Gasteiger partial charge in [0.1, 0.15) is 0 Å². The van der Waals surface area contributed by atoms with E-state index in [0.717, 1.165) is 0 Å². The third-order valence-electron chi connectivity index (χ3n) is 2.79. The Labute approximate surface area is 120 Å². The molecule has 1 atom stereocenters. The maximum absolute atomic E-state index is 12.8. The number of carboxylic acid groups (broad SMARTS) is 1. The van der Waals surface area contributed by atoms with Gasteiger partial charge in [-0.15, -0.1) is 21.5 Å². The number of hydrogen-bond acceptors (Lipinski definition) is 6. The van der Waals surface area contributed by atoms with Gasteiger partial charge in [0.25, 0.3) is 5.89 Å². The van der Waals surface area contributed by atoms with Gasteiger partial charge in [0.2, 0.25) is 11.4 Å². The van der Waals surface area contributed by atoms with Crippen molar-refractivity contribution in [1.29, 1.82) is 0 Å². The zero-order valence-corrected chi connectivity index (χ0v) is 11.5. The van der Waals surface area contributed by atoms with E-state index in [1.807, 2.05) is 5.32 Å². The number of aliphatic carboxylic acids is 1. The minimum atomic E-state index is -4.96. The molecule has 0 saturated heterocycles. The van der Waals surface area contributed by atoms with Crippen LogP contribution in [0.4, 0.5) is 13.2 Å². The number of carboxylic acids is 1. The highest BCUT2D eigenvalue weighted by atomic mass is 32.1. The first-order valence-corrected chi connectivity index (χ1v) is 6.53. The van der Waals surface area contributed by atoms with Crippen molar-refractivity contribution in [3.63, 3.8) is 0 Å². The fourth-order valence-electron chi connectivity index (χ4n) is 1.37. The maximum atomic E-state index is 12.8. The molecule has 2 aromatic rings. The lowest BCUT2D eigenvalue weighted by Crippen LogP contribution is -2.59. The Kier molecular flexibility index (Phi) is 4.01. The summed E-state index contributed by atoms with van der Waals surface area (Å²) in [6.45, 7) is 0.0204. The van der Waals surface area contributed by atoms with Crippen molar-refractivity contribution in [1.82, 2.24) is 15.5 Å². The molecule has 0 aliphatic carbocycles. The number of nitrogens with one attached hydrogen (secondary N) is 1. The second-order valence-corrected chi connectivity index (χ2v) is 5.21. The molecule has 2 heterocycles. The summed E-state index contributed by atoms with van der Waals surface area (Å²) < 4.78 is 43.5. The largest absolute Gasteiger partial charge is 0.480 e. The Morgan fingerprint density at radius 3 is 2.71 bits per heavy atom. The fourth-order valence-corrected chi connectivity index (χ4v) is 2.02. The van der Waals surface area contributed by atoms with Gasteiger partial charge in [0, 0.05) is 0 Å². The monoisotopic (exact) mass is 321 g/mol. The van der Waals surface area contributed by atoms with Gasteiger partial charge < -0.3 is 9.52 Å². The first-order valence-electron chi connectivity index (χ1n) is 5.65. The minimum absolute atomic E-state index is 0.130. The van der Waals surface area contributed by atoms with E-state index in [1.54, 1.807) is 17.5 Å². The van der Waals surface area contributed by atoms with Crippen molar-refractivity contribution in [2.24, 2.45) is 0 Å². The number of halogens is 3. The van der Waals surface area contributed by atoms with Crippen molar-refractivity contribution in [3.05, 3.63) is 23.4 Å². The summed E-state index contributed by atoms with van der Waals surface area (Å²) in [7, 11) is 0. The summed E-state index contributed by atoms with van der Waals surface area (Å²) in [6, 6.07) is 3.47. The molecule has 0 saturated carbocycles. The average molecular weight is 321 g/mol. The van der Waals surface area contributed by atoms with Crippen LogP contribution < -0.4 is 5.32 Å². The predicted octanol–water partition coefficient (Wildman–Crippen LogP) is 2.29. The van der Waals surface area contributed by atoms with Crippen LogP contribution in [-0.2, 0) is 11.3 Å². The Bertz CT molecular complexity index is 626. The molecule has 0 aliphatic heterocycles. The molecular weight excluding hydrogens is 311 g/mol. The third-order valence-corrected chi connectivity index (χ3v) is 3.64. The van der Waals surface area contributed by atoms with E-state index in [9.17, 15) is 18.0 Å². The summed E-state index contributed by atoms with van der Waals surface area (Å²) in [5, 5.41) is 19.7. The third kappa shape index (κ3) is 3.05. The van der Waals surface area contributed by atoms with Crippen molar-refractivity contribution < 1.29 is 27.5 Å². The van der Waals surface area contributed by atoms with Crippen LogP contribution in [0.3, 0.4) is 0 Å². The normalized spacial score (nSPS) is 14.9. The predicted molar refractivity (Wildman–Crippen MR) is 66.5 cm³/mol. The molecule has 0 amide bonds. The van der Waals surface area contributed by atoms with Crippen LogP contribution in [0.5, 0.6) is 0 Å². The van der Waals surface area contributed by atoms with E-state index in [4.69, 9.17) is 9.52 Å². The first-order chi connectivity index (χ1) is 9.74. The molecule has 0 bridgehead atoms. The topological polar surface area (TPSA) is 88.3 Å². The van der Waals surface area contributed by atoms with Crippen molar-refractivity contribution in [2.75, 3.05) is 0 Å². The van der Waals surface area contributed by atoms with Gasteiger partial charge in [0.15, 0.2) is 0 Å². The first kappa shape index (κ1) is 15.4. The second kappa shape index (κ2) is 5.45. The van der Waals surface area contributed by atoms with Crippen LogP contribution in [0, 0.1) is 0 Å². The van der Waals surface area contributed by atoms with Gasteiger partial charge in [-0.2, -0.15) is 13.2 Å². The number of thiophene rings is 1. The van der Waals surface area contributed by atoms with Gasteiger partial charge in [-0.05, 0) is 18.4 Å². The SMILES string of the molecule is CC(NCc1nnc(-c2cccs2)o1)(C(=O)O)C(F)(F)F. The lowest BCUT2D eigenvalue weighted by Gasteiger charge is -2.27. The lowest BCUT2D eigenvalue weighted by atomic mass is 10.0.